The molecule has 130 valence electrons. The van der Waals surface area contributed by atoms with Gasteiger partial charge in [-0.2, -0.15) is 0 Å². The third-order valence-corrected chi connectivity index (χ3v) is 4.75. The highest BCUT2D eigenvalue weighted by Crippen LogP contribution is 2.30. The lowest BCUT2D eigenvalue weighted by Crippen LogP contribution is -2.15. The molecule has 0 N–H and O–H groups in total. The number of imidazole rings is 1. The van der Waals surface area contributed by atoms with Crippen molar-refractivity contribution in [2.45, 2.75) is 26.5 Å². The maximum Gasteiger partial charge on any atom is 0.142 e. The summed E-state index contributed by atoms with van der Waals surface area (Å²) in [6.45, 7) is 4.90. The smallest absolute Gasteiger partial charge is 0.142 e. The zero-order valence-corrected chi connectivity index (χ0v) is 15.1. The van der Waals surface area contributed by atoms with Gasteiger partial charge in [-0.1, -0.05) is 54.6 Å². The molecule has 4 aromatic rings. The molecular formula is C23H22N2O. The molecule has 0 saturated carbocycles. The number of fused-ring (bicyclic) bond motifs is 1. The number of aromatic nitrogens is 2. The van der Waals surface area contributed by atoms with Gasteiger partial charge in [0.15, 0.2) is 0 Å². The summed E-state index contributed by atoms with van der Waals surface area (Å²) in [5.74, 6) is 0.964. The predicted molar refractivity (Wildman–Crippen MR) is 105 cm³/mol. The maximum atomic E-state index is 6.54. The molecule has 0 spiro atoms. The largest absolute Gasteiger partial charge is 0.483 e. The zero-order chi connectivity index (χ0) is 17.9. The first-order chi connectivity index (χ1) is 12.7. The molecule has 0 aliphatic carbocycles. The molecule has 1 atom stereocenters. The monoisotopic (exact) mass is 342 g/mol. The average Bonchev–Trinajstić information content (AvgIpc) is 3.16. The summed E-state index contributed by atoms with van der Waals surface area (Å²) in [6, 6.07) is 21.2. The zero-order valence-electron chi connectivity index (χ0n) is 15.1. The molecule has 3 nitrogen and oxygen atoms in total. The fourth-order valence-corrected chi connectivity index (χ4v) is 3.33. The van der Waals surface area contributed by atoms with Crippen molar-refractivity contribution in [1.29, 1.82) is 0 Å². The number of para-hydroxylation sites is 1. The van der Waals surface area contributed by atoms with E-state index in [2.05, 4.69) is 84.1 Å². The number of rotatable bonds is 5. The van der Waals surface area contributed by atoms with Gasteiger partial charge in [0, 0.05) is 12.4 Å². The number of aryl methyl sites for hydroxylation is 2. The van der Waals surface area contributed by atoms with Crippen LogP contribution < -0.4 is 4.74 Å². The van der Waals surface area contributed by atoms with Gasteiger partial charge in [-0.3, -0.25) is 0 Å². The van der Waals surface area contributed by atoms with Crippen molar-refractivity contribution in [3.8, 4) is 5.75 Å². The van der Waals surface area contributed by atoms with Gasteiger partial charge in [0.2, 0.25) is 0 Å². The number of benzene rings is 3. The Morgan fingerprint density at radius 3 is 2.42 bits per heavy atom. The van der Waals surface area contributed by atoms with E-state index in [-0.39, 0.29) is 6.10 Å². The number of hydrogen-bond acceptors (Lipinski definition) is 2. The fourth-order valence-electron chi connectivity index (χ4n) is 3.33. The second-order valence-electron chi connectivity index (χ2n) is 6.69. The van der Waals surface area contributed by atoms with Crippen LogP contribution in [0.5, 0.6) is 5.75 Å². The van der Waals surface area contributed by atoms with E-state index in [4.69, 9.17) is 4.74 Å². The highest BCUT2D eigenvalue weighted by atomic mass is 16.5. The molecule has 0 aliphatic heterocycles. The molecule has 0 radical (unpaired) electrons. The Labute approximate surface area is 153 Å². The van der Waals surface area contributed by atoms with Crippen LogP contribution in [0.2, 0.25) is 0 Å². The van der Waals surface area contributed by atoms with Crippen LogP contribution in [0.1, 0.15) is 22.8 Å². The number of nitrogens with zero attached hydrogens (tertiary/aromatic N) is 2. The Kier molecular flexibility index (Phi) is 4.44. The standard InChI is InChI=1S/C23H22N2O/c1-17-6-5-7-18(2)23(17)26-22(15-25-13-12-24-16-25)21-11-10-19-8-3-4-9-20(19)14-21/h3-14,16,22H,15H2,1-2H3. The van der Waals surface area contributed by atoms with Crippen molar-refractivity contribution in [2.75, 3.05) is 0 Å². The molecular weight excluding hydrogens is 320 g/mol. The molecule has 0 aliphatic rings. The van der Waals surface area contributed by atoms with Gasteiger partial charge in [-0.05, 0) is 47.4 Å². The Bertz CT molecular complexity index is 1000. The van der Waals surface area contributed by atoms with Crippen LogP contribution in [-0.2, 0) is 6.54 Å². The van der Waals surface area contributed by atoms with Gasteiger partial charge in [0.05, 0.1) is 12.9 Å². The SMILES string of the molecule is Cc1cccc(C)c1OC(Cn1ccnc1)c1ccc2ccccc2c1. The van der Waals surface area contributed by atoms with Gasteiger partial charge in [-0.25, -0.2) is 4.98 Å². The van der Waals surface area contributed by atoms with Gasteiger partial charge in [-0.15, -0.1) is 0 Å². The van der Waals surface area contributed by atoms with Crippen molar-refractivity contribution in [3.05, 3.63) is 96.1 Å². The van der Waals surface area contributed by atoms with E-state index in [0.717, 1.165) is 16.9 Å². The van der Waals surface area contributed by atoms with Crippen molar-refractivity contribution in [1.82, 2.24) is 9.55 Å². The topological polar surface area (TPSA) is 27.1 Å². The van der Waals surface area contributed by atoms with Crippen LogP contribution in [0, 0.1) is 13.8 Å². The van der Waals surface area contributed by atoms with Crippen LogP contribution in [0.3, 0.4) is 0 Å². The van der Waals surface area contributed by atoms with Crippen LogP contribution in [0.15, 0.2) is 79.4 Å². The summed E-state index contributed by atoms with van der Waals surface area (Å²) in [5, 5.41) is 2.47. The van der Waals surface area contributed by atoms with Gasteiger partial charge < -0.3 is 9.30 Å². The maximum absolute atomic E-state index is 6.54. The van der Waals surface area contributed by atoms with Crippen molar-refractivity contribution in [3.63, 3.8) is 0 Å². The van der Waals surface area contributed by atoms with E-state index in [9.17, 15) is 0 Å². The average molecular weight is 342 g/mol. The highest BCUT2D eigenvalue weighted by molar-refractivity contribution is 5.83. The predicted octanol–water partition coefficient (Wildman–Crippen LogP) is 5.47. The Hall–Kier alpha value is -3.07. The molecule has 0 saturated heterocycles. The molecule has 1 heterocycles. The van der Waals surface area contributed by atoms with Gasteiger partial charge in [0.1, 0.15) is 11.9 Å². The summed E-state index contributed by atoms with van der Waals surface area (Å²) in [6.07, 6.45) is 5.52. The van der Waals surface area contributed by atoms with E-state index in [1.807, 2.05) is 12.5 Å². The summed E-state index contributed by atoms with van der Waals surface area (Å²) in [7, 11) is 0. The van der Waals surface area contributed by atoms with Crippen LogP contribution in [-0.4, -0.2) is 9.55 Å². The summed E-state index contributed by atoms with van der Waals surface area (Å²) >= 11 is 0. The fraction of sp³-hybridized carbons (Fsp3) is 0.174. The van der Waals surface area contributed by atoms with Crippen molar-refractivity contribution in [2.24, 2.45) is 0 Å². The molecule has 0 bridgehead atoms. The molecule has 0 fully saturated rings. The lowest BCUT2D eigenvalue weighted by molar-refractivity contribution is 0.181. The van der Waals surface area contributed by atoms with E-state index < -0.39 is 0 Å². The van der Waals surface area contributed by atoms with Crippen LogP contribution in [0.4, 0.5) is 0 Å². The molecule has 1 aromatic heterocycles. The minimum Gasteiger partial charge on any atom is -0.483 e. The van der Waals surface area contributed by atoms with Gasteiger partial charge in [0.25, 0.3) is 0 Å². The molecule has 1 unspecified atom stereocenters. The summed E-state index contributed by atoms with van der Waals surface area (Å²) in [4.78, 5) is 4.17. The molecule has 3 heteroatoms. The Morgan fingerprint density at radius 2 is 1.69 bits per heavy atom. The number of ether oxygens (including phenoxy) is 1. The van der Waals surface area contributed by atoms with E-state index in [1.165, 1.54) is 16.3 Å². The van der Waals surface area contributed by atoms with Crippen molar-refractivity contribution >= 4 is 10.8 Å². The van der Waals surface area contributed by atoms with Gasteiger partial charge >= 0.3 is 0 Å². The quantitative estimate of drug-likeness (QED) is 0.480. The lowest BCUT2D eigenvalue weighted by atomic mass is 10.0. The normalized spacial score (nSPS) is 12.2. The first-order valence-electron chi connectivity index (χ1n) is 8.88. The third-order valence-electron chi connectivity index (χ3n) is 4.75. The second-order valence-corrected chi connectivity index (χ2v) is 6.69. The Morgan fingerprint density at radius 1 is 0.923 bits per heavy atom. The molecule has 4 rings (SSSR count). The molecule has 0 amide bonds. The minimum absolute atomic E-state index is 0.0893. The molecule has 3 aromatic carbocycles. The van der Waals surface area contributed by atoms with Crippen LogP contribution >= 0.6 is 0 Å². The van der Waals surface area contributed by atoms with Crippen molar-refractivity contribution < 1.29 is 4.74 Å². The second kappa shape index (κ2) is 7.04. The van der Waals surface area contributed by atoms with Crippen LogP contribution in [0.25, 0.3) is 10.8 Å². The Balaban J connectivity index is 1.74. The first kappa shape index (κ1) is 16.4. The number of hydrogen-bond donors (Lipinski definition) is 0. The van der Waals surface area contributed by atoms with E-state index in [0.29, 0.717) is 6.54 Å². The summed E-state index contributed by atoms with van der Waals surface area (Å²) in [5.41, 5.74) is 3.47. The summed E-state index contributed by atoms with van der Waals surface area (Å²) < 4.78 is 8.60. The lowest BCUT2D eigenvalue weighted by Gasteiger charge is -2.23. The highest BCUT2D eigenvalue weighted by Gasteiger charge is 2.17. The van der Waals surface area contributed by atoms with E-state index >= 15 is 0 Å². The van der Waals surface area contributed by atoms with E-state index in [1.54, 1.807) is 6.20 Å². The first-order valence-corrected chi connectivity index (χ1v) is 8.88. The third kappa shape index (κ3) is 3.33. The minimum atomic E-state index is -0.0893. The molecule has 26 heavy (non-hydrogen) atoms.